The minimum atomic E-state index is -0.242. The summed E-state index contributed by atoms with van der Waals surface area (Å²) < 4.78 is 0. The first-order valence-corrected chi connectivity index (χ1v) is 5.17. The molecule has 0 aromatic heterocycles. The van der Waals surface area contributed by atoms with E-state index in [4.69, 9.17) is 0 Å². The molecule has 1 saturated heterocycles. The summed E-state index contributed by atoms with van der Waals surface area (Å²) in [5.41, 5.74) is 0. The van der Waals surface area contributed by atoms with Crippen LogP contribution in [0.4, 0.5) is 4.79 Å². The fraction of sp³-hybridized carbons (Fsp3) is 0.800. The van der Waals surface area contributed by atoms with E-state index in [1.165, 1.54) is 4.90 Å². The monoisotopic (exact) mass is 198 g/mol. The molecule has 1 rings (SSSR count). The third-order valence-corrected chi connectivity index (χ3v) is 2.55. The minimum absolute atomic E-state index is 0.0226. The van der Waals surface area contributed by atoms with Gasteiger partial charge in [-0.15, -0.1) is 0 Å². The SMILES string of the molecule is CCCN1C(=O)NCC(C(C)C)C1=O. The van der Waals surface area contributed by atoms with Gasteiger partial charge in [-0.2, -0.15) is 0 Å². The highest BCUT2D eigenvalue weighted by Crippen LogP contribution is 2.17. The molecule has 0 bridgehead atoms. The number of rotatable bonds is 3. The number of nitrogens with zero attached hydrogens (tertiary/aromatic N) is 1. The maximum absolute atomic E-state index is 11.8. The van der Waals surface area contributed by atoms with Crippen LogP contribution in [-0.4, -0.2) is 29.9 Å². The van der Waals surface area contributed by atoms with E-state index in [9.17, 15) is 9.59 Å². The van der Waals surface area contributed by atoms with Crippen molar-refractivity contribution in [3.63, 3.8) is 0 Å². The van der Waals surface area contributed by atoms with Gasteiger partial charge in [0.15, 0.2) is 0 Å². The van der Waals surface area contributed by atoms with Crippen molar-refractivity contribution in [2.45, 2.75) is 27.2 Å². The van der Waals surface area contributed by atoms with Gasteiger partial charge < -0.3 is 5.32 Å². The molecule has 0 saturated carbocycles. The Bertz CT molecular complexity index is 238. The second kappa shape index (κ2) is 4.44. The Morgan fingerprint density at radius 2 is 2.14 bits per heavy atom. The Morgan fingerprint density at radius 3 is 2.64 bits per heavy atom. The molecule has 1 unspecified atom stereocenters. The number of hydrogen-bond donors (Lipinski definition) is 1. The van der Waals surface area contributed by atoms with E-state index in [0.717, 1.165) is 6.42 Å². The predicted octanol–water partition coefficient (Wildman–Crippen LogP) is 1.22. The summed E-state index contributed by atoms with van der Waals surface area (Å²) in [6.07, 6.45) is 0.809. The largest absolute Gasteiger partial charge is 0.337 e. The Kier molecular flexibility index (Phi) is 3.49. The van der Waals surface area contributed by atoms with Gasteiger partial charge >= 0.3 is 6.03 Å². The van der Waals surface area contributed by atoms with Gasteiger partial charge in [-0.25, -0.2) is 4.79 Å². The molecule has 1 N–H and O–H groups in total. The number of nitrogens with one attached hydrogen (secondary N) is 1. The first kappa shape index (κ1) is 11.0. The molecule has 4 heteroatoms. The molecule has 0 aromatic carbocycles. The van der Waals surface area contributed by atoms with Crippen LogP contribution in [0.25, 0.3) is 0 Å². The maximum Gasteiger partial charge on any atom is 0.324 e. The molecule has 0 aromatic rings. The van der Waals surface area contributed by atoms with E-state index in [0.29, 0.717) is 13.1 Å². The smallest absolute Gasteiger partial charge is 0.324 e. The van der Waals surface area contributed by atoms with E-state index in [2.05, 4.69) is 5.32 Å². The number of carbonyl (C=O) groups excluding carboxylic acids is 2. The van der Waals surface area contributed by atoms with Gasteiger partial charge in [0.25, 0.3) is 0 Å². The molecule has 0 radical (unpaired) electrons. The van der Waals surface area contributed by atoms with E-state index < -0.39 is 0 Å². The predicted molar refractivity (Wildman–Crippen MR) is 53.7 cm³/mol. The molecule has 1 aliphatic heterocycles. The quantitative estimate of drug-likeness (QED) is 0.741. The second-order valence-corrected chi connectivity index (χ2v) is 4.03. The molecule has 3 amide bonds. The number of amides is 3. The van der Waals surface area contributed by atoms with Gasteiger partial charge in [-0.3, -0.25) is 9.69 Å². The number of imide groups is 1. The lowest BCUT2D eigenvalue weighted by molar-refractivity contribution is -0.135. The average Bonchev–Trinajstić information content (AvgIpc) is 2.11. The number of hydrogen-bond acceptors (Lipinski definition) is 2. The van der Waals surface area contributed by atoms with Crippen molar-refractivity contribution < 1.29 is 9.59 Å². The highest BCUT2D eigenvalue weighted by Gasteiger charge is 2.34. The van der Waals surface area contributed by atoms with Gasteiger partial charge in [-0.1, -0.05) is 20.8 Å². The summed E-state index contributed by atoms with van der Waals surface area (Å²) in [7, 11) is 0. The highest BCUT2D eigenvalue weighted by atomic mass is 16.2. The zero-order valence-electron chi connectivity index (χ0n) is 9.04. The zero-order valence-corrected chi connectivity index (χ0v) is 9.04. The van der Waals surface area contributed by atoms with Crippen molar-refractivity contribution in [1.82, 2.24) is 10.2 Å². The van der Waals surface area contributed by atoms with Crippen LogP contribution in [0.5, 0.6) is 0 Å². The maximum atomic E-state index is 11.8. The van der Waals surface area contributed by atoms with Crippen LogP contribution in [0.3, 0.4) is 0 Å². The third-order valence-electron chi connectivity index (χ3n) is 2.55. The van der Waals surface area contributed by atoms with Gasteiger partial charge in [0, 0.05) is 13.1 Å². The molecule has 80 valence electrons. The van der Waals surface area contributed by atoms with E-state index in [1.807, 2.05) is 20.8 Å². The summed E-state index contributed by atoms with van der Waals surface area (Å²) >= 11 is 0. The molecule has 0 aliphatic carbocycles. The van der Waals surface area contributed by atoms with Gasteiger partial charge in [0.1, 0.15) is 0 Å². The first-order valence-electron chi connectivity index (χ1n) is 5.17. The summed E-state index contributed by atoms with van der Waals surface area (Å²) in [5, 5.41) is 2.74. The van der Waals surface area contributed by atoms with Crippen LogP contribution >= 0.6 is 0 Å². The van der Waals surface area contributed by atoms with Crippen molar-refractivity contribution in [2.75, 3.05) is 13.1 Å². The molecule has 14 heavy (non-hydrogen) atoms. The summed E-state index contributed by atoms with van der Waals surface area (Å²) in [4.78, 5) is 24.5. The number of urea groups is 1. The van der Waals surface area contributed by atoms with Crippen LogP contribution in [-0.2, 0) is 4.79 Å². The van der Waals surface area contributed by atoms with Crippen LogP contribution in [0.2, 0.25) is 0 Å². The summed E-state index contributed by atoms with van der Waals surface area (Å²) in [5.74, 6) is 0.201. The normalized spacial score (nSPS) is 22.9. The van der Waals surface area contributed by atoms with Gasteiger partial charge in [0.2, 0.25) is 5.91 Å². The minimum Gasteiger partial charge on any atom is -0.337 e. The van der Waals surface area contributed by atoms with Crippen molar-refractivity contribution in [2.24, 2.45) is 11.8 Å². The van der Waals surface area contributed by atoms with Crippen LogP contribution in [0.15, 0.2) is 0 Å². The summed E-state index contributed by atoms with van der Waals surface area (Å²) in [6, 6.07) is -0.242. The molecule has 1 fully saturated rings. The Morgan fingerprint density at radius 1 is 1.50 bits per heavy atom. The van der Waals surface area contributed by atoms with Gasteiger partial charge in [-0.05, 0) is 12.3 Å². The molecular formula is C10H18N2O2. The number of carbonyl (C=O) groups is 2. The van der Waals surface area contributed by atoms with Crippen molar-refractivity contribution in [3.8, 4) is 0 Å². The van der Waals surface area contributed by atoms with Crippen LogP contribution in [0.1, 0.15) is 27.2 Å². The van der Waals surface area contributed by atoms with Crippen LogP contribution in [0, 0.1) is 11.8 Å². The fourth-order valence-electron chi connectivity index (χ4n) is 1.64. The van der Waals surface area contributed by atoms with Crippen LogP contribution < -0.4 is 5.32 Å². The average molecular weight is 198 g/mol. The Balaban J connectivity index is 2.72. The fourth-order valence-corrected chi connectivity index (χ4v) is 1.64. The lowest BCUT2D eigenvalue weighted by Crippen LogP contribution is -2.56. The van der Waals surface area contributed by atoms with E-state index in [1.54, 1.807) is 0 Å². The Labute approximate surface area is 84.7 Å². The zero-order chi connectivity index (χ0) is 10.7. The van der Waals surface area contributed by atoms with Gasteiger partial charge in [0.05, 0.1) is 5.92 Å². The van der Waals surface area contributed by atoms with Crippen molar-refractivity contribution >= 4 is 11.9 Å². The molecule has 4 nitrogen and oxygen atoms in total. The third kappa shape index (κ3) is 2.05. The molecular weight excluding hydrogens is 180 g/mol. The highest BCUT2D eigenvalue weighted by molar-refractivity contribution is 5.98. The molecule has 0 spiro atoms. The second-order valence-electron chi connectivity index (χ2n) is 4.03. The Hall–Kier alpha value is -1.06. The molecule has 1 heterocycles. The standard InChI is InChI=1S/C10H18N2O2/c1-4-5-12-9(13)8(7(2)3)6-11-10(12)14/h7-8H,4-6H2,1-3H3,(H,11,14). The topological polar surface area (TPSA) is 49.4 Å². The van der Waals surface area contributed by atoms with E-state index in [-0.39, 0.29) is 23.8 Å². The lowest BCUT2D eigenvalue weighted by Gasteiger charge is -2.32. The molecule has 1 atom stereocenters. The lowest BCUT2D eigenvalue weighted by atomic mass is 9.93. The van der Waals surface area contributed by atoms with E-state index >= 15 is 0 Å². The van der Waals surface area contributed by atoms with Crippen molar-refractivity contribution in [3.05, 3.63) is 0 Å². The van der Waals surface area contributed by atoms with Crippen molar-refractivity contribution in [1.29, 1.82) is 0 Å². The summed E-state index contributed by atoms with van der Waals surface area (Å²) in [6.45, 7) is 6.97. The molecule has 1 aliphatic rings. The first-order chi connectivity index (χ1) is 6.57.